The summed E-state index contributed by atoms with van der Waals surface area (Å²) in [6, 6.07) is 47.8. The van der Waals surface area contributed by atoms with Crippen molar-refractivity contribution in [1.29, 1.82) is 0 Å². The quantitative estimate of drug-likeness (QED) is 0.00614. The van der Waals surface area contributed by atoms with Gasteiger partial charge in [0.25, 0.3) is 0 Å². The van der Waals surface area contributed by atoms with Gasteiger partial charge in [0.1, 0.15) is 28.4 Å². The summed E-state index contributed by atoms with van der Waals surface area (Å²) < 4.78 is 57.6. The van der Waals surface area contributed by atoms with E-state index in [1.165, 1.54) is 40.7 Å². The van der Waals surface area contributed by atoms with E-state index in [0.29, 0.717) is 92.2 Å². The number of carbonyl (C=O) groups excluding carboxylic acids is 10. The third-order valence-electron chi connectivity index (χ3n) is 15.7. The van der Waals surface area contributed by atoms with Crippen LogP contribution in [0.1, 0.15) is 172 Å². The Morgan fingerprint density at radius 3 is 1.19 bits per heavy atom. The number of carbonyl (C=O) groups is 10. The minimum Gasteiger partial charge on any atom is -0.459 e. The Morgan fingerprint density at radius 1 is 0.492 bits per heavy atom. The molecular weight excluding hydrogens is 1740 g/mol. The summed E-state index contributed by atoms with van der Waals surface area (Å²) in [4.78, 5) is 119. The number of nitrogens with zero attached hydrogens (tertiary/aromatic N) is 2. The highest BCUT2D eigenvalue weighted by Crippen LogP contribution is 2.13. The molecule has 5 aromatic rings. The van der Waals surface area contributed by atoms with Gasteiger partial charge in [-0.05, 0) is 172 Å². The average Bonchev–Trinajstić information content (AvgIpc) is 0.882. The number of nitrogens with two attached hydrogens (primary N) is 1. The van der Waals surface area contributed by atoms with Crippen molar-refractivity contribution < 1.29 is 100 Å². The third kappa shape index (κ3) is 73.5. The highest BCUT2D eigenvalue weighted by atomic mass is 32.1. The van der Waals surface area contributed by atoms with Crippen LogP contribution < -0.4 is 43.0 Å². The Balaban J connectivity index is -0.000000348. The number of alkyl carbamates (subject to hydrolysis) is 4. The monoisotopic (exact) mass is 1890 g/mol. The zero-order valence-electron chi connectivity index (χ0n) is 78.7. The minimum absolute atomic E-state index is 0. The molecule has 0 aliphatic carbocycles. The molecular formula is C91H152BN10O21S5. The van der Waals surface area contributed by atoms with Crippen molar-refractivity contribution in [2.75, 3.05) is 105 Å². The molecule has 2 fully saturated rings. The van der Waals surface area contributed by atoms with Crippen molar-refractivity contribution in [3.8, 4) is 0 Å². The van der Waals surface area contributed by atoms with Crippen LogP contribution in [0.5, 0.6) is 0 Å². The molecule has 5 aromatic carbocycles. The maximum atomic E-state index is 12.4. The molecule has 0 spiro atoms. The number of hydrogen-bond donors (Lipinski definition) is 8. The molecule has 31 nitrogen and oxygen atoms in total. The largest absolute Gasteiger partial charge is 0.459 e. The molecule has 37 heteroatoms. The molecule has 2 aliphatic heterocycles. The molecule has 0 saturated carbocycles. The smallest absolute Gasteiger partial charge is 0.408 e. The molecule has 5 atom stereocenters. The third-order valence-corrected chi connectivity index (χ3v) is 15.7. The van der Waals surface area contributed by atoms with E-state index in [1.807, 2.05) is 186 Å². The minimum atomic E-state index is -0.931. The van der Waals surface area contributed by atoms with Gasteiger partial charge in [-0.2, -0.15) is 67.5 Å². The SMILES string of the molecule is C1CCOC1.CC(=O)[C@H](C)NC(=O)OC(C)(C)C.CCOC(=O)C(=O)N(CCOCc1ccccc1)C[C@H](C)NC(=O)OC(C)(C)C.C[C@@H](CNCCOCc1ccccc1)NC(=O)OC(C)(C)C.C[C@H](NC(=O)OC(C)(C)C)C(=O)NCCOCc1ccccc1.C[C@H]1CN(CCOCc2ccccc2)C(=O)C(=O)N1.NCCOCc1ccccc1.S.S.S.S.S.[B]. The normalized spacial score (nSPS) is 13.2. The number of piperazine rings is 1. The first kappa shape index (κ1) is 130. The number of amides is 8. The van der Waals surface area contributed by atoms with Crippen molar-refractivity contribution >= 4 is 136 Å². The van der Waals surface area contributed by atoms with Crippen LogP contribution in [-0.4, -0.2) is 236 Å². The molecule has 2 aliphatic rings. The molecule has 7 rings (SSSR count). The molecule has 0 bridgehead atoms. The fourth-order valence-corrected chi connectivity index (χ4v) is 9.89. The number of hydrogen-bond acceptors (Lipinski definition) is 23. The summed E-state index contributed by atoms with van der Waals surface area (Å²) in [5, 5.41) is 18.9. The van der Waals surface area contributed by atoms with E-state index in [-0.39, 0.29) is 132 Å². The van der Waals surface area contributed by atoms with Crippen molar-refractivity contribution in [2.45, 2.75) is 230 Å². The van der Waals surface area contributed by atoms with Gasteiger partial charge < -0.3 is 105 Å². The van der Waals surface area contributed by atoms with Gasteiger partial charge >= 0.3 is 48.1 Å². The predicted molar refractivity (Wildman–Crippen MR) is 527 cm³/mol. The Labute approximate surface area is 798 Å². The first-order valence-corrected chi connectivity index (χ1v) is 41.5. The van der Waals surface area contributed by atoms with Crippen LogP contribution in [0.25, 0.3) is 0 Å². The highest BCUT2D eigenvalue weighted by Gasteiger charge is 2.31. The lowest BCUT2D eigenvalue weighted by atomic mass is 10.2. The summed E-state index contributed by atoms with van der Waals surface area (Å²) in [7, 11) is 0. The van der Waals surface area contributed by atoms with Gasteiger partial charge in [0.2, 0.25) is 5.91 Å². The van der Waals surface area contributed by atoms with E-state index in [2.05, 4.69) is 37.2 Å². The lowest BCUT2D eigenvalue weighted by molar-refractivity contribution is -0.160. The van der Waals surface area contributed by atoms with E-state index >= 15 is 0 Å². The van der Waals surface area contributed by atoms with Gasteiger partial charge in [-0.1, -0.05) is 152 Å². The maximum Gasteiger partial charge on any atom is 0.408 e. The fourth-order valence-electron chi connectivity index (χ4n) is 9.89. The van der Waals surface area contributed by atoms with Crippen molar-refractivity contribution in [2.24, 2.45) is 5.73 Å². The Bertz CT molecular complexity index is 3720. The van der Waals surface area contributed by atoms with Crippen molar-refractivity contribution in [1.82, 2.24) is 47.0 Å². The van der Waals surface area contributed by atoms with Gasteiger partial charge in [-0.3, -0.25) is 24.0 Å². The van der Waals surface area contributed by atoms with Crippen LogP contribution in [0.3, 0.4) is 0 Å². The molecule has 8 amide bonds. The summed E-state index contributed by atoms with van der Waals surface area (Å²) in [6.45, 7) is 44.1. The molecule has 0 unspecified atom stereocenters. The maximum absolute atomic E-state index is 12.4. The molecule has 2 heterocycles. The van der Waals surface area contributed by atoms with Crippen LogP contribution in [0.15, 0.2) is 152 Å². The number of ketones is 1. The van der Waals surface area contributed by atoms with E-state index in [0.717, 1.165) is 36.4 Å². The lowest BCUT2D eigenvalue weighted by Crippen LogP contribution is -2.57. The zero-order chi connectivity index (χ0) is 91.4. The van der Waals surface area contributed by atoms with Crippen LogP contribution in [-0.2, 0) is 114 Å². The fraction of sp³-hybridized carbons (Fsp3) is 0.560. The van der Waals surface area contributed by atoms with E-state index in [9.17, 15) is 47.9 Å². The summed E-state index contributed by atoms with van der Waals surface area (Å²) >= 11 is 0. The van der Waals surface area contributed by atoms with Crippen molar-refractivity contribution in [3.63, 3.8) is 0 Å². The standard InChI is InChI=1S/C21H32N2O6.C17H26N2O4.C17H28N2O3.C14H18N2O3.C9H17NO3.C9H13NO.C4H8O.B.5H2S/c1-6-28-19(25)18(24)23(12-13-27-15-17-10-8-7-9-11-17)14-16(2)22-20(26)29-21(3,4)5;1-13(19-16(21)23-17(2,3)4)15(20)18-10-11-22-12-14-8-6-5-7-9-14;1-14(19-16(20)22-17(2,3)4)12-18-10-11-21-13-15-8-6-5-7-9-15;1-11-9-16(14(18)13(17)15-11)7-8-19-10-12-5-3-2-4-6-12;1-6(7(2)11)10-8(12)13-9(3,4)5;10-6-7-11-8-9-4-2-1-3-5-9;1-2-4-5-3-1;;;;;;/h7-11,16H,6,12-15H2,1-5H3,(H,22,26);5-9,13H,10-12H2,1-4H3,(H,18,20)(H,19,21);5-9,14,18H,10-13H2,1-4H3,(H,19,20);2-6,11H,7-10H2,1H3,(H,15,17);6H,1-5H3,(H,10,12);1-5H,6-8,10H2;1-4H2;;5*1H2/t16-;13-;14-;11-;6-;;;;;;;;/m00000......../s1. The second-order valence-corrected chi connectivity index (χ2v) is 32.3. The Kier molecular flexibility index (Phi) is 76.8. The molecule has 0 aromatic heterocycles. The van der Waals surface area contributed by atoms with E-state index in [1.54, 1.807) is 90.0 Å². The molecule has 725 valence electrons. The van der Waals surface area contributed by atoms with Crippen LogP contribution >= 0.6 is 67.5 Å². The van der Waals surface area contributed by atoms with E-state index < -0.39 is 82.5 Å². The first-order valence-electron chi connectivity index (χ1n) is 41.5. The van der Waals surface area contributed by atoms with Gasteiger partial charge in [-0.25, -0.2) is 24.0 Å². The summed E-state index contributed by atoms with van der Waals surface area (Å²) in [5.41, 5.74) is 8.60. The molecule has 128 heavy (non-hydrogen) atoms. The van der Waals surface area contributed by atoms with Gasteiger partial charge in [-0.15, -0.1) is 0 Å². The number of rotatable bonds is 35. The Morgan fingerprint density at radius 2 is 0.836 bits per heavy atom. The van der Waals surface area contributed by atoms with Crippen molar-refractivity contribution in [3.05, 3.63) is 179 Å². The van der Waals surface area contributed by atoms with E-state index in [4.69, 9.17) is 57.8 Å². The second-order valence-electron chi connectivity index (χ2n) is 32.3. The number of benzene rings is 5. The number of esters is 1. The van der Waals surface area contributed by atoms with Gasteiger partial charge in [0.05, 0.1) is 78.7 Å². The molecule has 2 saturated heterocycles. The summed E-state index contributed by atoms with van der Waals surface area (Å²) in [5.74, 6) is -3.07. The lowest BCUT2D eigenvalue weighted by Gasteiger charge is -2.30. The first-order chi connectivity index (χ1) is 57.6. The Hall–Kier alpha value is -8.31. The zero-order valence-corrected chi connectivity index (χ0v) is 83.7. The highest BCUT2D eigenvalue weighted by molar-refractivity contribution is 7.60. The second kappa shape index (κ2) is 75.4. The van der Waals surface area contributed by atoms with Crippen LogP contribution in [0.2, 0.25) is 0 Å². The van der Waals surface area contributed by atoms with Crippen LogP contribution in [0.4, 0.5) is 19.2 Å². The molecule has 9 N–H and O–H groups in total. The summed E-state index contributed by atoms with van der Waals surface area (Å²) in [6.07, 6.45) is 0.409. The molecule has 3 radical (unpaired) electrons. The number of ether oxygens (including phenoxy) is 11. The topological polar surface area (TPSA) is 389 Å². The van der Waals surface area contributed by atoms with Gasteiger partial charge in [0.15, 0.2) is 5.78 Å². The number of nitrogens with one attached hydrogen (secondary N) is 7. The number of Topliss-reactive ketones (excluding diaryl/α,β-unsaturated/α-hetero) is 1. The average molecular weight is 1890 g/mol. The van der Waals surface area contributed by atoms with Crippen LogP contribution in [0, 0.1) is 0 Å². The predicted octanol–water partition coefficient (Wildman–Crippen LogP) is 11.6. The van der Waals surface area contributed by atoms with Gasteiger partial charge in [0, 0.05) is 92.1 Å².